The first-order valence-electron chi connectivity index (χ1n) is 0.970. The van der Waals surface area contributed by atoms with E-state index in [1.165, 1.54) is 0 Å². The van der Waals surface area contributed by atoms with Gasteiger partial charge in [0.1, 0.15) is 6.73 Å². The molecule has 0 unspecified atom stereocenters. The van der Waals surface area contributed by atoms with E-state index in [2.05, 4.69) is 0 Å². The molecular weight excluding hydrogens is 97.0 g/mol. The number of rotatable bonds is 1. The molecule has 0 aromatic carbocycles. The van der Waals surface area contributed by atoms with Gasteiger partial charge in [0.05, 0.1) is 0 Å². The molecule has 30 valence electrons. The third-order valence-electron chi connectivity index (χ3n) is 0.105. The summed E-state index contributed by atoms with van der Waals surface area (Å²) >= 11 is 0. The SMILES string of the molecule is O=[N+]([O-])C[O-].[Na+]. The van der Waals surface area contributed by atoms with Crippen molar-refractivity contribution in [1.82, 2.24) is 0 Å². The third kappa shape index (κ3) is 8.84. The second kappa shape index (κ2) is 5.36. The second-order valence-electron chi connectivity index (χ2n) is 0.462. The van der Waals surface area contributed by atoms with E-state index in [9.17, 15) is 0 Å². The van der Waals surface area contributed by atoms with E-state index in [4.69, 9.17) is 15.2 Å². The van der Waals surface area contributed by atoms with Crippen molar-refractivity contribution < 1.29 is 39.6 Å². The molecule has 0 heterocycles. The van der Waals surface area contributed by atoms with Crippen molar-refractivity contribution in [1.29, 1.82) is 0 Å². The number of nitrogens with zero attached hydrogens (tertiary/aromatic N) is 1. The molecule has 4 nitrogen and oxygen atoms in total. The molecule has 0 fully saturated rings. The zero-order valence-electron chi connectivity index (χ0n) is 3.38. The van der Waals surface area contributed by atoms with Crippen molar-refractivity contribution >= 4 is 0 Å². The average Bonchev–Trinajstić information content (AvgIpc) is 1.38. The van der Waals surface area contributed by atoms with Gasteiger partial charge in [-0.15, -0.1) is 0 Å². The first-order chi connectivity index (χ1) is 2.27. The predicted octanol–water partition coefficient (Wildman–Crippen LogP) is -4.42. The standard InChI is InChI=1S/CH2NO3.Na/c3-1-2(4)5;/h1H2;/q-1;+1. The van der Waals surface area contributed by atoms with Gasteiger partial charge in [-0.1, -0.05) is 0 Å². The maximum Gasteiger partial charge on any atom is 1.00 e. The smallest absolute Gasteiger partial charge is 0.796 e. The summed E-state index contributed by atoms with van der Waals surface area (Å²) in [5.74, 6) is 0. The molecule has 0 aromatic heterocycles. The molecule has 0 rings (SSSR count). The van der Waals surface area contributed by atoms with E-state index in [-0.39, 0.29) is 29.6 Å². The molecule has 0 radical (unpaired) electrons. The Morgan fingerprint density at radius 1 is 1.67 bits per heavy atom. The van der Waals surface area contributed by atoms with Crippen molar-refractivity contribution in [3.05, 3.63) is 10.1 Å². The Morgan fingerprint density at radius 3 is 1.83 bits per heavy atom. The first kappa shape index (κ1) is 9.61. The van der Waals surface area contributed by atoms with Crippen LogP contribution < -0.4 is 34.7 Å². The summed E-state index contributed by atoms with van der Waals surface area (Å²) in [7, 11) is 0. The zero-order valence-corrected chi connectivity index (χ0v) is 5.38. The second-order valence-corrected chi connectivity index (χ2v) is 0.462. The van der Waals surface area contributed by atoms with Gasteiger partial charge in [-0.05, 0) is 0 Å². The molecule has 0 aliphatic rings. The minimum absolute atomic E-state index is 0. The van der Waals surface area contributed by atoms with E-state index >= 15 is 0 Å². The molecule has 6 heavy (non-hydrogen) atoms. The van der Waals surface area contributed by atoms with Crippen LogP contribution in [-0.4, -0.2) is 11.7 Å². The molecule has 0 aliphatic heterocycles. The van der Waals surface area contributed by atoms with Crippen LogP contribution in [0.15, 0.2) is 0 Å². The van der Waals surface area contributed by atoms with Crippen LogP contribution in [0.3, 0.4) is 0 Å². The topological polar surface area (TPSA) is 66.2 Å². The minimum Gasteiger partial charge on any atom is -0.796 e. The van der Waals surface area contributed by atoms with Gasteiger partial charge in [-0.3, -0.25) is 10.1 Å². The summed E-state index contributed by atoms with van der Waals surface area (Å²) in [6.45, 7) is -1.22. The van der Waals surface area contributed by atoms with Crippen LogP contribution in [0.1, 0.15) is 0 Å². The number of hydrogen-bond donors (Lipinski definition) is 0. The fourth-order valence-electron chi connectivity index (χ4n) is 0. The summed E-state index contributed by atoms with van der Waals surface area (Å²) in [5.41, 5.74) is 0. The molecule has 0 N–H and O–H groups in total. The largest absolute Gasteiger partial charge is 1.00 e. The van der Waals surface area contributed by atoms with Crippen molar-refractivity contribution in [3.8, 4) is 0 Å². The van der Waals surface area contributed by atoms with Crippen LogP contribution in [0.4, 0.5) is 0 Å². The zero-order chi connectivity index (χ0) is 4.28. The quantitative estimate of drug-likeness (QED) is 0.144. The Kier molecular flexibility index (Phi) is 8.59. The monoisotopic (exact) mass is 99.0 g/mol. The summed E-state index contributed by atoms with van der Waals surface area (Å²) in [4.78, 5) is 7.93. The van der Waals surface area contributed by atoms with Gasteiger partial charge >= 0.3 is 29.6 Å². The van der Waals surface area contributed by atoms with E-state index < -0.39 is 11.7 Å². The molecular formula is CH2NNaO3. The Labute approximate surface area is 56.6 Å². The summed E-state index contributed by atoms with van der Waals surface area (Å²) < 4.78 is 0. The summed E-state index contributed by atoms with van der Waals surface area (Å²) in [5, 5.41) is 17.8. The maximum atomic E-state index is 8.93. The van der Waals surface area contributed by atoms with E-state index in [0.717, 1.165) is 0 Å². The minimum atomic E-state index is -1.22. The van der Waals surface area contributed by atoms with Gasteiger partial charge in [0.2, 0.25) is 0 Å². The molecule has 0 bridgehead atoms. The Hall–Kier alpha value is 0.360. The molecule has 0 aliphatic carbocycles. The van der Waals surface area contributed by atoms with Gasteiger partial charge in [0.15, 0.2) is 0 Å². The summed E-state index contributed by atoms with van der Waals surface area (Å²) in [6, 6.07) is 0. The molecule has 0 atom stereocenters. The van der Waals surface area contributed by atoms with Crippen LogP contribution in [0.25, 0.3) is 0 Å². The normalized spacial score (nSPS) is 6.17. The van der Waals surface area contributed by atoms with Crippen LogP contribution in [-0.2, 0) is 0 Å². The first-order valence-corrected chi connectivity index (χ1v) is 0.970. The van der Waals surface area contributed by atoms with Crippen molar-refractivity contribution in [2.24, 2.45) is 0 Å². The maximum absolute atomic E-state index is 8.93. The van der Waals surface area contributed by atoms with Crippen molar-refractivity contribution in [2.45, 2.75) is 0 Å². The molecule has 5 heteroatoms. The van der Waals surface area contributed by atoms with Crippen LogP contribution >= 0.6 is 0 Å². The van der Waals surface area contributed by atoms with E-state index in [1.54, 1.807) is 0 Å². The van der Waals surface area contributed by atoms with Gasteiger partial charge < -0.3 is 5.11 Å². The van der Waals surface area contributed by atoms with Crippen molar-refractivity contribution in [3.63, 3.8) is 0 Å². The van der Waals surface area contributed by atoms with Crippen LogP contribution in [0.2, 0.25) is 0 Å². The molecule has 0 amide bonds. The number of hydrogen-bond acceptors (Lipinski definition) is 3. The van der Waals surface area contributed by atoms with E-state index in [1.807, 2.05) is 0 Å². The van der Waals surface area contributed by atoms with Gasteiger partial charge in [0.25, 0.3) is 0 Å². The van der Waals surface area contributed by atoms with Crippen LogP contribution in [0.5, 0.6) is 0 Å². The molecule has 0 saturated heterocycles. The van der Waals surface area contributed by atoms with Crippen molar-refractivity contribution in [2.75, 3.05) is 6.73 Å². The Balaban J connectivity index is 0. The van der Waals surface area contributed by atoms with Gasteiger partial charge in [0, 0.05) is 4.92 Å². The molecule has 0 spiro atoms. The fraction of sp³-hybridized carbons (Fsp3) is 1.00. The van der Waals surface area contributed by atoms with Gasteiger partial charge in [-0.2, -0.15) is 0 Å². The fourth-order valence-corrected chi connectivity index (χ4v) is 0. The number of nitro groups is 1. The molecule has 0 aromatic rings. The summed E-state index contributed by atoms with van der Waals surface area (Å²) in [6.07, 6.45) is 0. The third-order valence-corrected chi connectivity index (χ3v) is 0.105. The van der Waals surface area contributed by atoms with E-state index in [0.29, 0.717) is 0 Å². The molecule has 0 saturated carbocycles. The predicted molar refractivity (Wildman–Crippen MR) is 11.9 cm³/mol. The average molecular weight is 99.0 g/mol. The van der Waals surface area contributed by atoms with Crippen LogP contribution in [0, 0.1) is 10.1 Å². The van der Waals surface area contributed by atoms with Gasteiger partial charge in [-0.25, -0.2) is 0 Å². The Morgan fingerprint density at radius 2 is 1.83 bits per heavy atom. The Bertz CT molecular complexity index is 46.1.